The molecule has 2 amide bonds. The maximum atomic E-state index is 12.8. The minimum Gasteiger partial charge on any atom is -0.454 e. The second-order valence-electron chi connectivity index (χ2n) is 6.26. The molecule has 0 aliphatic carbocycles. The summed E-state index contributed by atoms with van der Waals surface area (Å²) in [7, 11) is 0. The van der Waals surface area contributed by atoms with E-state index in [1.807, 2.05) is 18.4 Å². The quantitative estimate of drug-likeness (QED) is 0.789. The number of hydrogen-bond acceptors (Lipinski definition) is 5. The molecule has 0 spiro atoms. The number of ether oxygens (including phenoxy) is 1. The number of nitrogens with zero attached hydrogens (tertiary/aromatic N) is 2. The van der Waals surface area contributed by atoms with Crippen LogP contribution < -0.4 is 10.1 Å². The highest BCUT2D eigenvalue weighted by Gasteiger charge is 2.33. The molecular weight excluding hydrogens is 362 g/mol. The molecule has 3 rings (SSSR count). The average molecular weight is 385 g/mol. The van der Waals surface area contributed by atoms with Crippen LogP contribution >= 0.6 is 11.8 Å². The van der Waals surface area contributed by atoms with Crippen LogP contribution in [0.25, 0.3) is 0 Å². The summed E-state index contributed by atoms with van der Waals surface area (Å²) in [6.07, 6.45) is 7.25. The van der Waals surface area contributed by atoms with Crippen LogP contribution in [0.15, 0.2) is 48.8 Å². The van der Waals surface area contributed by atoms with Gasteiger partial charge >= 0.3 is 0 Å². The molecule has 1 saturated heterocycles. The number of carbonyl (C=O) groups is 2. The number of rotatable bonds is 7. The number of carbonyl (C=O) groups excluding carboxylic acids is 2. The van der Waals surface area contributed by atoms with Gasteiger partial charge in [0.05, 0.1) is 11.9 Å². The summed E-state index contributed by atoms with van der Waals surface area (Å²) in [6.45, 7) is 0.638. The lowest BCUT2D eigenvalue weighted by molar-refractivity contribution is -0.136. The third-order valence-corrected chi connectivity index (χ3v) is 5.02. The zero-order valence-electron chi connectivity index (χ0n) is 15.3. The fourth-order valence-corrected chi connectivity index (χ4v) is 3.46. The monoisotopic (exact) mass is 385 g/mol. The molecule has 0 bridgehead atoms. The van der Waals surface area contributed by atoms with Crippen LogP contribution in [0.1, 0.15) is 19.3 Å². The number of para-hydroxylation sites is 2. The topological polar surface area (TPSA) is 71.5 Å². The summed E-state index contributed by atoms with van der Waals surface area (Å²) in [5.41, 5.74) is 0.578. The Kier molecular flexibility index (Phi) is 6.70. The van der Waals surface area contributed by atoms with E-state index in [2.05, 4.69) is 10.3 Å². The molecule has 6 nitrogen and oxygen atoms in total. The number of benzene rings is 1. The van der Waals surface area contributed by atoms with Gasteiger partial charge in [-0.2, -0.15) is 11.8 Å². The SMILES string of the molecule is CSCCC(=O)N1CCC[C@@H]1C(=O)Nc1ccccc1Oc1cccnc1. The fraction of sp³-hybridized carbons (Fsp3) is 0.350. The van der Waals surface area contributed by atoms with E-state index in [1.54, 1.807) is 53.3 Å². The van der Waals surface area contributed by atoms with Crippen molar-refractivity contribution in [2.45, 2.75) is 25.3 Å². The molecule has 1 aliphatic rings. The predicted octanol–water partition coefficient (Wildman–Crippen LogP) is 3.56. The second kappa shape index (κ2) is 9.41. The lowest BCUT2D eigenvalue weighted by atomic mass is 10.2. The largest absolute Gasteiger partial charge is 0.454 e. The number of anilines is 1. The molecule has 142 valence electrons. The van der Waals surface area contributed by atoms with Crippen LogP contribution in [0.2, 0.25) is 0 Å². The number of hydrogen-bond donors (Lipinski definition) is 1. The van der Waals surface area contributed by atoms with Crippen LogP contribution in [0.3, 0.4) is 0 Å². The number of nitrogens with one attached hydrogen (secondary N) is 1. The summed E-state index contributed by atoms with van der Waals surface area (Å²) in [4.78, 5) is 30.9. The van der Waals surface area contributed by atoms with Gasteiger partial charge in [-0.3, -0.25) is 14.6 Å². The van der Waals surface area contributed by atoms with Gasteiger partial charge in [0.2, 0.25) is 11.8 Å². The molecule has 1 fully saturated rings. The molecule has 27 heavy (non-hydrogen) atoms. The van der Waals surface area contributed by atoms with E-state index in [4.69, 9.17) is 4.74 Å². The van der Waals surface area contributed by atoms with Crippen LogP contribution in [0.4, 0.5) is 5.69 Å². The summed E-state index contributed by atoms with van der Waals surface area (Å²) in [5, 5.41) is 2.93. The van der Waals surface area contributed by atoms with Gasteiger partial charge in [-0.25, -0.2) is 0 Å². The van der Waals surface area contributed by atoms with E-state index in [-0.39, 0.29) is 11.8 Å². The third kappa shape index (κ3) is 5.01. The van der Waals surface area contributed by atoms with Crippen molar-refractivity contribution in [3.05, 3.63) is 48.8 Å². The highest BCUT2D eigenvalue weighted by Crippen LogP contribution is 2.30. The van der Waals surface area contributed by atoms with Gasteiger partial charge in [-0.05, 0) is 43.4 Å². The Balaban J connectivity index is 1.69. The van der Waals surface area contributed by atoms with Crippen molar-refractivity contribution in [2.75, 3.05) is 23.9 Å². The molecule has 7 heteroatoms. The average Bonchev–Trinajstić information content (AvgIpc) is 3.18. The molecule has 1 atom stereocenters. The van der Waals surface area contributed by atoms with E-state index in [0.29, 0.717) is 36.6 Å². The number of pyridine rings is 1. The third-order valence-electron chi connectivity index (χ3n) is 4.40. The van der Waals surface area contributed by atoms with Crippen molar-refractivity contribution in [3.63, 3.8) is 0 Å². The van der Waals surface area contributed by atoms with E-state index in [0.717, 1.165) is 12.2 Å². The van der Waals surface area contributed by atoms with E-state index < -0.39 is 6.04 Å². The van der Waals surface area contributed by atoms with Gasteiger partial charge in [-0.15, -0.1) is 0 Å². The highest BCUT2D eigenvalue weighted by molar-refractivity contribution is 7.98. The van der Waals surface area contributed by atoms with E-state index >= 15 is 0 Å². The Morgan fingerprint density at radius 3 is 2.93 bits per heavy atom. The summed E-state index contributed by atoms with van der Waals surface area (Å²) < 4.78 is 5.84. The highest BCUT2D eigenvalue weighted by atomic mass is 32.2. The maximum absolute atomic E-state index is 12.8. The number of thioether (sulfide) groups is 1. The Bertz CT molecular complexity index is 785. The van der Waals surface area contributed by atoms with Crippen molar-refractivity contribution >= 4 is 29.3 Å². The maximum Gasteiger partial charge on any atom is 0.247 e. The van der Waals surface area contributed by atoms with Crippen molar-refractivity contribution in [3.8, 4) is 11.5 Å². The molecule has 1 N–H and O–H groups in total. The predicted molar refractivity (Wildman–Crippen MR) is 107 cm³/mol. The Hall–Kier alpha value is -2.54. The molecule has 2 heterocycles. The molecule has 0 unspecified atom stereocenters. The van der Waals surface area contributed by atoms with Crippen molar-refractivity contribution in [1.82, 2.24) is 9.88 Å². The van der Waals surface area contributed by atoms with E-state index in [9.17, 15) is 9.59 Å². The van der Waals surface area contributed by atoms with Gasteiger partial charge in [0.25, 0.3) is 0 Å². The Labute approximate surface area is 163 Å². The molecule has 2 aromatic rings. The van der Waals surface area contributed by atoms with Crippen LogP contribution in [0, 0.1) is 0 Å². The standard InChI is InChI=1S/C20H23N3O3S/c1-27-13-10-19(24)23-12-5-8-17(23)20(25)22-16-7-2-3-9-18(16)26-15-6-4-11-21-14-15/h2-4,6-7,9,11,14,17H,5,8,10,12-13H2,1H3,(H,22,25)/t17-/m1/s1. The summed E-state index contributed by atoms with van der Waals surface area (Å²) >= 11 is 1.63. The van der Waals surface area contributed by atoms with Gasteiger partial charge in [-0.1, -0.05) is 12.1 Å². The van der Waals surface area contributed by atoms with Gasteiger partial charge in [0, 0.05) is 24.9 Å². The first-order valence-electron chi connectivity index (χ1n) is 8.95. The molecule has 0 saturated carbocycles. The van der Waals surface area contributed by atoms with Crippen molar-refractivity contribution in [2.24, 2.45) is 0 Å². The van der Waals surface area contributed by atoms with Crippen molar-refractivity contribution in [1.29, 1.82) is 0 Å². The molecule has 1 aromatic carbocycles. The van der Waals surface area contributed by atoms with Crippen LogP contribution in [0.5, 0.6) is 11.5 Å². The molecule has 0 radical (unpaired) electrons. The fourth-order valence-electron chi connectivity index (χ4n) is 3.08. The van der Waals surface area contributed by atoms with Crippen LogP contribution in [-0.2, 0) is 9.59 Å². The van der Waals surface area contributed by atoms with Gasteiger partial charge < -0.3 is 15.0 Å². The van der Waals surface area contributed by atoms with Gasteiger partial charge in [0.15, 0.2) is 5.75 Å². The number of amides is 2. The van der Waals surface area contributed by atoms with E-state index in [1.165, 1.54) is 0 Å². The molecule has 1 aliphatic heterocycles. The van der Waals surface area contributed by atoms with Crippen molar-refractivity contribution < 1.29 is 14.3 Å². The summed E-state index contributed by atoms with van der Waals surface area (Å²) in [6, 6.07) is 10.4. The normalized spacial score (nSPS) is 16.2. The minimum absolute atomic E-state index is 0.0434. The first-order chi connectivity index (χ1) is 13.2. The first kappa shape index (κ1) is 19.2. The lowest BCUT2D eigenvalue weighted by Gasteiger charge is -2.24. The smallest absolute Gasteiger partial charge is 0.247 e. The second-order valence-corrected chi connectivity index (χ2v) is 7.25. The molecular formula is C20H23N3O3S. The minimum atomic E-state index is -0.425. The zero-order valence-corrected chi connectivity index (χ0v) is 16.1. The van der Waals surface area contributed by atoms with Crippen LogP contribution in [-0.4, -0.2) is 46.3 Å². The first-order valence-corrected chi connectivity index (χ1v) is 10.3. The Morgan fingerprint density at radius 1 is 1.30 bits per heavy atom. The number of likely N-dealkylation sites (tertiary alicyclic amines) is 1. The molecule has 1 aromatic heterocycles. The van der Waals surface area contributed by atoms with Gasteiger partial charge in [0.1, 0.15) is 11.8 Å². The summed E-state index contributed by atoms with van der Waals surface area (Å²) in [5.74, 6) is 1.77. The lowest BCUT2D eigenvalue weighted by Crippen LogP contribution is -2.43. The number of aromatic nitrogens is 1. The zero-order chi connectivity index (χ0) is 19.1. The Morgan fingerprint density at radius 2 is 2.15 bits per heavy atom.